The zero-order valence-corrected chi connectivity index (χ0v) is 16.0. The van der Waals surface area contributed by atoms with Crippen molar-refractivity contribution in [2.75, 3.05) is 0 Å². The van der Waals surface area contributed by atoms with Crippen molar-refractivity contribution in [3.8, 4) is 11.1 Å². The highest BCUT2D eigenvalue weighted by atomic mass is 35.5. The average molecular weight is 383 g/mol. The van der Waals surface area contributed by atoms with E-state index in [1.165, 1.54) is 11.1 Å². The fourth-order valence-electron chi connectivity index (χ4n) is 2.61. The van der Waals surface area contributed by atoms with Gasteiger partial charge in [-0.05, 0) is 18.1 Å². The van der Waals surface area contributed by atoms with Crippen LogP contribution in [0.15, 0.2) is 65.1 Å². The molecule has 4 aromatic rings. The summed E-state index contributed by atoms with van der Waals surface area (Å²) in [4.78, 5) is 10.2. The molecule has 0 spiro atoms. The van der Waals surface area contributed by atoms with E-state index in [1.54, 1.807) is 23.1 Å². The van der Waals surface area contributed by atoms with Gasteiger partial charge in [-0.3, -0.25) is 0 Å². The molecule has 0 saturated heterocycles. The second kappa shape index (κ2) is 7.16. The number of thiophene rings is 1. The Morgan fingerprint density at radius 1 is 1.00 bits per heavy atom. The van der Waals surface area contributed by atoms with Gasteiger partial charge in [-0.15, -0.1) is 11.3 Å². The standard InChI is InChI=1S/C20H15ClN2S2/c1-13-7-9-15(10-8-13)16-12-24-19-17(16)18(21)22-20(23-19)25-11-14-5-3-2-4-6-14/h2-10,12H,11H2,1H3. The molecule has 2 nitrogen and oxygen atoms in total. The smallest absolute Gasteiger partial charge is 0.190 e. The van der Waals surface area contributed by atoms with Crippen LogP contribution in [0, 0.1) is 6.92 Å². The summed E-state index contributed by atoms with van der Waals surface area (Å²) in [5.74, 6) is 0.832. The summed E-state index contributed by atoms with van der Waals surface area (Å²) in [5.41, 5.74) is 4.74. The van der Waals surface area contributed by atoms with Crippen LogP contribution in [-0.2, 0) is 5.75 Å². The summed E-state index contributed by atoms with van der Waals surface area (Å²) < 4.78 is 0. The molecule has 0 radical (unpaired) electrons. The van der Waals surface area contributed by atoms with Crippen LogP contribution in [0.5, 0.6) is 0 Å². The maximum Gasteiger partial charge on any atom is 0.190 e. The number of aryl methyl sites for hydroxylation is 1. The summed E-state index contributed by atoms with van der Waals surface area (Å²) in [7, 11) is 0. The maximum atomic E-state index is 6.51. The molecule has 0 amide bonds. The van der Waals surface area contributed by atoms with E-state index in [1.807, 2.05) is 18.2 Å². The molecule has 2 heterocycles. The summed E-state index contributed by atoms with van der Waals surface area (Å²) >= 11 is 9.74. The first-order chi connectivity index (χ1) is 12.2. The van der Waals surface area contributed by atoms with Crippen LogP contribution in [0.2, 0.25) is 5.15 Å². The number of nitrogens with zero attached hydrogens (tertiary/aromatic N) is 2. The Bertz CT molecular complexity index is 1010. The van der Waals surface area contributed by atoms with Gasteiger partial charge >= 0.3 is 0 Å². The van der Waals surface area contributed by atoms with Crippen LogP contribution in [0.3, 0.4) is 0 Å². The van der Waals surface area contributed by atoms with Gasteiger partial charge in [-0.1, -0.05) is 83.5 Å². The molecule has 25 heavy (non-hydrogen) atoms. The lowest BCUT2D eigenvalue weighted by Gasteiger charge is -2.04. The molecular weight excluding hydrogens is 368 g/mol. The second-order valence-electron chi connectivity index (χ2n) is 5.77. The van der Waals surface area contributed by atoms with Gasteiger partial charge in [-0.2, -0.15) is 0 Å². The van der Waals surface area contributed by atoms with E-state index in [-0.39, 0.29) is 0 Å². The SMILES string of the molecule is Cc1ccc(-c2csc3nc(SCc4ccccc4)nc(Cl)c23)cc1. The van der Waals surface area contributed by atoms with Gasteiger partial charge in [0.15, 0.2) is 5.16 Å². The molecular formula is C20H15ClN2S2. The van der Waals surface area contributed by atoms with Crippen LogP contribution >= 0.6 is 34.7 Å². The van der Waals surface area contributed by atoms with Crippen LogP contribution in [0.4, 0.5) is 0 Å². The number of fused-ring (bicyclic) bond motifs is 1. The van der Waals surface area contributed by atoms with Crippen LogP contribution < -0.4 is 0 Å². The molecule has 0 unspecified atom stereocenters. The molecule has 2 aromatic carbocycles. The van der Waals surface area contributed by atoms with Gasteiger partial charge in [0.2, 0.25) is 0 Å². The van der Waals surface area contributed by atoms with E-state index in [0.717, 1.165) is 32.3 Å². The minimum atomic E-state index is 0.525. The summed E-state index contributed by atoms with van der Waals surface area (Å²) in [6.45, 7) is 2.09. The van der Waals surface area contributed by atoms with E-state index in [0.29, 0.717) is 5.15 Å². The zero-order chi connectivity index (χ0) is 17.2. The van der Waals surface area contributed by atoms with Crippen molar-refractivity contribution in [2.24, 2.45) is 0 Å². The molecule has 4 rings (SSSR count). The quantitative estimate of drug-likeness (QED) is 0.225. The largest absolute Gasteiger partial charge is 0.211 e. The first kappa shape index (κ1) is 16.6. The van der Waals surface area contributed by atoms with E-state index in [9.17, 15) is 0 Å². The van der Waals surface area contributed by atoms with E-state index in [2.05, 4.69) is 53.7 Å². The van der Waals surface area contributed by atoms with E-state index in [4.69, 9.17) is 16.6 Å². The zero-order valence-electron chi connectivity index (χ0n) is 13.6. The molecule has 0 aliphatic heterocycles. The minimum absolute atomic E-state index is 0.525. The molecule has 0 bridgehead atoms. The molecule has 124 valence electrons. The van der Waals surface area contributed by atoms with Crippen molar-refractivity contribution in [2.45, 2.75) is 17.8 Å². The van der Waals surface area contributed by atoms with Gasteiger partial charge in [0.1, 0.15) is 9.98 Å². The third-order valence-electron chi connectivity index (χ3n) is 3.94. The van der Waals surface area contributed by atoms with E-state index >= 15 is 0 Å². The first-order valence-electron chi connectivity index (χ1n) is 7.89. The van der Waals surface area contributed by atoms with Gasteiger partial charge in [0.05, 0.1) is 5.39 Å². The van der Waals surface area contributed by atoms with Gasteiger partial charge in [0, 0.05) is 16.7 Å². The highest BCUT2D eigenvalue weighted by molar-refractivity contribution is 7.98. The molecule has 0 atom stereocenters. The molecule has 0 aliphatic carbocycles. The van der Waals surface area contributed by atoms with E-state index < -0.39 is 0 Å². The molecule has 5 heteroatoms. The molecule has 0 saturated carbocycles. The van der Waals surface area contributed by atoms with Gasteiger partial charge in [-0.25, -0.2) is 9.97 Å². The highest BCUT2D eigenvalue weighted by Crippen LogP contribution is 2.38. The van der Waals surface area contributed by atoms with Crippen molar-refractivity contribution in [1.29, 1.82) is 0 Å². The molecule has 0 N–H and O–H groups in total. The van der Waals surface area contributed by atoms with Gasteiger partial charge in [0.25, 0.3) is 0 Å². The Morgan fingerprint density at radius 2 is 1.76 bits per heavy atom. The third kappa shape index (κ3) is 3.56. The topological polar surface area (TPSA) is 25.8 Å². The normalized spacial score (nSPS) is 11.1. The maximum absolute atomic E-state index is 6.51. The number of halogens is 1. The number of rotatable bonds is 4. The van der Waals surface area contributed by atoms with Crippen molar-refractivity contribution < 1.29 is 0 Å². The van der Waals surface area contributed by atoms with Crippen molar-refractivity contribution in [3.05, 3.63) is 76.3 Å². The Balaban J connectivity index is 1.66. The first-order valence-corrected chi connectivity index (χ1v) is 10.1. The number of hydrogen-bond acceptors (Lipinski definition) is 4. The Kier molecular flexibility index (Phi) is 4.75. The van der Waals surface area contributed by atoms with Crippen LogP contribution in [0.25, 0.3) is 21.3 Å². The summed E-state index contributed by atoms with van der Waals surface area (Å²) in [6.07, 6.45) is 0. The van der Waals surface area contributed by atoms with Crippen molar-refractivity contribution in [3.63, 3.8) is 0 Å². The molecule has 0 fully saturated rings. The van der Waals surface area contributed by atoms with Gasteiger partial charge < -0.3 is 0 Å². The van der Waals surface area contributed by atoms with Crippen LogP contribution in [-0.4, -0.2) is 9.97 Å². The fourth-order valence-corrected chi connectivity index (χ4v) is 4.80. The number of hydrogen-bond donors (Lipinski definition) is 0. The Morgan fingerprint density at radius 3 is 2.52 bits per heavy atom. The monoisotopic (exact) mass is 382 g/mol. The number of aromatic nitrogens is 2. The lowest BCUT2D eigenvalue weighted by Crippen LogP contribution is -1.89. The summed E-state index contributed by atoms with van der Waals surface area (Å²) in [6, 6.07) is 18.8. The Hall–Kier alpha value is -1.88. The fraction of sp³-hybridized carbons (Fsp3) is 0.100. The Labute approximate surface area is 159 Å². The van der Waals surface area contributed by atoms with Crippen molar-refractivity contribution in [1.82, 2.24) is 9.97 Å². The summed E-state index contributed by atoms with van der Waals surface area (Å²) in [5, 5.41) is 4.30. The average Bonchev–Trinajstić information content (AvgIpc) is 3.06. The molecule has 2 aromatic heterocycles. The lowest BCUT2D eigenvalue weighted by molar-refractivity contribution is 1.01. The van der Waals surface area contributed by atoms with Crippen LogP contribution in [0.1, 0.15) is 11.1 Å². The predicted molar refractivity (Wildman–Crippen MR) is 109 cm³/mol. The second-order valence-corrected chi connectivity index (χ2v) is 7.93. The van der Waals surface area contributed by atoms with Crippen molar-refractivity contribution >= 4 is 44.9 Å². The number of thioether (sulfide) groups is 1. The molecule has 0 aliphatic rings. The number of benzene rings is 2. The predicted octanol–water partition coefficient (Wildman–Crippen LogP) is 6.61. The lowest BCUT2D eigenvalue weighted by atomic mass is 10.1. The minimum Gasteiger partial charge on any atom is -0.211 e. The highest BCUT2D eigenvalue weighted by Gasteiger charge is 2.14. The third-order valence-corrected chi connectivity index (χ3v) is 6.01.